The summed E-state index contributed by atoms with van der Waals surface area (Å²) >= 11 is 3.53. The Hall–Kier alpha value is -1.07. The van der Waals surface area contributed by atoms with Crippen LogP contribution in [0.25, 0.3) is 0 Å². The van der Waals surface area contributed by atoms with Crippen LogP contribution in [0, 0.1) is 5.92 Å². The van der Waals surface area contributed by atoms with Gasteiger partial charge in [-0.15, -0.1) is 0 Å². The van der Waals surface area contributed by atoms with Gasteiger partial charge in [-0.25, -0.2) is 0 Å². The first-order chi connectivity index (χ1) is 9.85. The summed E-state index contributed by atoms with van der Waals surface area (Å²) in [5, 5.41) is 6.14. The van der Waals surface area contributed by atoms with Gasteiger partial charge in [0.2, 0.25) is 5.91 Å². The zero-order valence-corrected chi connectivity index (χ0v) is 15.1. The van der Waals surface area contributed by atoms with Crippen LogP contribution in [0.3, 0.4) is 0 Å². The van der Waals surface area contributed by atoms with Crippen LogP contribution >= 0.6 is 15.9 Å². The quantitative estimate of drug-likeness (QED) is 0.790. The van der Waals surface area contributed by atoms with Gasteiger partial charge in [0.15, 0.2) is 0 Å². The van der Waals surface area contributed by atoms with E-state index in [1.165, 1.54) is 5.56 Å². The summed E-state index contributed by atoms with van der Waals surface area (Å²) in [6, 6.07) is 6.70. The van der Waals surface area contributed by atoms with E-state index in [0.717, 1.165) is 16.7 Å². The molecule has 0 bridgehead atoms. The standard InChI is InChI=1S/C16H26BrN3O/c1-11(2)19-9-13-8-14(17)6-7-15(13)20(5)10-12(3)16(21)18-4/h6-8,11-12,19H,9-10H2,1-5H3,(H,18,21). The molecule has 2 N–H and O–H groups in total. The maximum Gasteiger partial charge on any atom is 0.224 e. The van der Waals surface area contributed by atoms with Crippen LogP contribution in [-0.4, -0.2) is 32.6 Å². The third-order valence-electron chi connectivity index (χ3n) is 3.40. The Labute approximate surface area is 136 Å². The van der Waals surface area contributed by atoms with E-state index in [9.17, 15) is 4.79 Å². The highest BCUT2D eigenvalue weighted by Gasteiger charge is 2.16. The first-order valence-corrected chi connectivity index (χ1v) is 8.09. The lowest BCUT2D eigenvalue weighted by Gasteiger charge is -2.26. The molecule has 0 radical (unpaired) electrons. The smallest absolute Gasteiger partial charge is 0.224 e. The number of halogens is 1. The first kappa shape index (κ1) is 18.0. The number of hydrogen-bond donors (Lipinski definition) is 2. The predicted octanol–water partition coefficient (Wildman–Crippen LogP) is 2.77. The van der Waals surface area contributed by atoms with Gasteiger partial charge in [0.1, 0.15) is 0 Å². The maximum absolute atomic E-state index is 11.7. The van der Waals surface area contributed by atoms with E-state index < -0.39 is 0 Å². The second-order valence-corrected chi connectivity index (χ2v) is 6.62. The molecule has 1 aromatic carbocycles. The van der Waals surface area contributed by atoms with Crippen molar-refractivity contribution in [3.05, 3.63) is 28.2 Å². The van der Waals surface area contributed by atoms with Crippen molar-refractivity contribution in [2.24, 2.45) is 5.92 Å². The van der Waals surface area contributed by atoms with Crippen molar-refractivity contribution in [3.8, 4) is 0 Å². The van der Waals surface area contributed by atoms with Gasteiger partial charge in [0, 0.05) is 43.4 Å². The van der Waals surface area contributed by atoms with Gasteiger partial charge in [-0.3, -0.25) is 4.79 Å². The van der Waals surface area contributed by atoms with E-state index in [0.29, 0.717) is 12.6 Å². The predicted molar refractivity (Wildman–Crippen MR) is 92.6 cm³/mol. The lowest BCUT2D eigenvalue weighted by Crippen LogP contribution is -2.35. The molecule has 1 amide bonds. The Balaban J connectivity index is 2.87. The van der Waals surface area contributed by atoms with Gasteiger partial charge in [0.25, 0.3) is 0 Å². The monoisotopic (exact) mass is 355 g/mol. The van der Waals surface area contributed by atoms with Crippen LogP contribution in [0.5, 0.6) is 0 Å². The molecular formula is C16H26BrN3O. The number of rotatable bonds is 7. The number of benzene rings is 1. The number of anilines is 1. The summed E-state index contributed by atoms with van der Waals surface area (Å²) in [4.78, 5) is 13.8. The molecule has 5 heteroatoms. The Morgan fingerprint density at radius 2 is 2.00 bits per heavy atom. The van der Waals surface area contributed by atoms with Gasteiger partial charge >= 0.3 is 0 Å². The largest absolute Gasteiger partial charge is 0.374 e. The lowest BCUT2D eigenvalue weighted by molar-refractivity contribution is -0.123. The fourth-order valence-electron chi connectivity index (χ4n) is 2.22. The summed E-state index contributed by atoms with van der Waals surface area (Å²) in [7, 11) is 3.71. The van der Waals surface area contributed by atoms with E-state index in [2.05, 4.69) is 57.4 Å². The molecule has 0 fully saturated rings. The number of carbonyl (C=O) groups is 1. The van der Waals surface area contributed by atoms with Crippen LogP contribution in [0.4, 0.5) is 5.69 Å². The summed E-state index contributed by atoms with van der Waals surface area (Å²) < 4.78 is 1.07. The second-order valence-electron chi connectivity index (χ2n) is 5.70. The highest BCUT2D eigenvalue weighted by atomic mass is 79.9. The molecule has 1 unspecified atom stereocenters. The summed E-state index contributed by atoms with van der Waals surface area (Å²) in [6.07, 6.45) is 0. The minimum absolute atomic E-state index is 0.0467. The molecule has 0 aliphatic rings. The fraction of sp³-hybridized carbons (Fsp3) is 0.562. The van der Waals surface area contributed by atoms with Crippen molar-refractivity contribution in [2.45, 2.75) is 33.4 Å². The van der Waals surface area contributed by atoms with Crippen LogP contribution in [0.1, 0.15) is 26.3 Å². The van der Waals surface area contributed by atoms with Gasteiger partial charge < -0.3 is 15.5 Å². The molecule has 1 atom stereocenters. The third kappa shape index (κ3) is 5.67. The average Bonchev–Trinajstić information content (AvgIpc) is 2.43. The van der Waals surface area contributed by atoms with E-state index in [1.54, 1.807) is 7.05 Å². The van der Waals surface area contributed by atoms with E-state index in [4.69, 9.17) is 0 Å². The summed E-state index contributed by atoms with van der Waals surface area (Å²) in [5.41, 5.74) is 2.38. The van der Waals surface area contributed by atoms with E-state index >= 15 is 0 Å². The van der Waals surface area contributed by atoms with Gasteiger partial charge in [-0.05, 0) is 23.8 Å². The van der Waals surface area contributed by atoms with Crippen LogP contribution in [-0.2, 0) is 11.3 Å². The second kappa shape index (κ2) is 8.39. The third-order valence-corrected chi connectivity index (χ3v) is 3.89. The lowest BCUT2D eigenvalue weighted by atomic mass is 10.1. The number of hydrogen-bond acceptors (Lipinski definition) is 3. The Bertz CT molecular complexity index is 477. The molecule has 0 aromatic heterocycles. The van der Waals surface area contributed by atoms with Gasteiger partial charge in [-0.2, -0.15) is 0 Å². The average molecular weight is 356 g/mol. The van der Waals surface area contributed by atoms with Crippen LogP contribution in [0.2, 0.25) is 0 Å². The molecule has 0 spiro atoms. The Morgan fingerprint density at radius 1 is 1.33 bits per heavy atom. The fourth-order valence-corrected chi connectivity index (χ4v) is 2.63. The van der Waals surface area contributed by atoms with Crippen molar-refractivity contribution < 1.29 is 4.79 Å². The molecule has 4 nitrogen and oxygen atoms in total. The number of amides is 1. The van der Waals surface area contributed by atoms with Crippen LogP contribution in [0.15, 0.2) is 22.7 Å². The molecule has 1 rings (SSSR count). The normalized spacial score (nSPS) is 12.3. The molecule has 21 heavy (non-hydrogen) atoms. The molecule has 1 aromatic rings. The zero-order valence-electron chi connectivity index (χ0n) is 13.5. The maximum atomic E-state index is 11.7. The summed E-state index contributed by atoms with van der Waals surface area (Å²) in [5.74, 6) is 0.0235. The number of nitrogens with one attached hydrogen (secondary N) is 2. The highest BCUT2D eigenvalue weighted by molar-refractivity contribution is 9.10. The molecule has 0 aliphatic heterocycles. The van der Waals surface area contributed by atoms with Crippen molar-refractivity contribution in [1.29, 1.82) is 0 Å². The van der Waals surface area contributed by atoms with Gasteiger partial charge in [0.05, 0.1) is 5.92 Å². The molecular weight excluding hydrogens is 330 g/mol. The van der Waals surface area contributed by atoms with Crippen molar-refractivity contribution >= 4 is 27.5 Å². The highest BCUT2D eigenvalue weighted by Crippen LogP contribution is 2.24. The summed E-state index contributed by atoms with van der Waals surface area (Å²) in [6.45, 7) is 7.71. The first-order valence-electron chi connectivity index (χ1n) is 7.29. The van der Waals surface area contributed by atoms with Crippen molar-refractivity contribution in [3.63, 3.8) is 0 Å². The molecule has 0 aliphatic carbocycles. The molecule has 118 valence electrons. The topological polar surface area (TPSA) is 44.4 Å². The van der Waals surface area contributed by atoms with Crippen LogP contribution < -0.4 is 15.5 Å². The number of nitrogens with zero attached hydrogens (tertiary/aromatic N) is 1. The molecule has 0 heterocycles. The molecule has 0 saturated carbocycles. The Kier molecular flexibility index (Phi) is 7.18. The zero-order chi connectivity index (χ0) is 16.0. The SMILES string of the molecule is CNC(=O)C(C)CN(C)c1ccc(Br)cc1CNC(C)C. The minimum Gasteiger partial charge on any atom is -0.374 e. The van der Waals surface area contributed by atoms with E-state index in [1.807, 2.05) is 20.0 Å². The number of carbonyl (C=O) groups excluding carboxylic acids is 1. The van der Waals surface area contributed by atoms with Crippen molar-refractivity contribution in [2.75, 3.05) is 25.5 Å². The molecule has 0 saturated heterocycles. The van der Waals surface area contributed by atoms with E-state index in [-0.39, 0.29) is 11.8 Å². The van der Waals surface area contributed by atoms with Crippen molar-refractivity contribution in [1.82, 2.24) is 10.6 Å². The van der Waals surface area contributed by atoms with Gasteiger partial charge in [-0.1, -0.05) is 36.7 Å². The minimum atomic E-state index is -0.0467. The Morgan fingerprint density at radius 3 is 2.57 bits per heavy atom.